The molecule has 5 heteroatoms. The smallest absolute Gasteiger partial charge is 0.243 e. The van der Waals surface area contributed by atoms with E-state index in [-0.39, 0.29) is 11.7 Å². The van der Waals surface area contributed by atoms with Crippen molar-refractivity contribution in [3.8, 4) is 5.75 Å². The molecule has 1 amide bonds. The Balaban J connectivity index is 2.79. The van der Waals surface area contributed by atoms with Gasteiger partial charge in [0, 0.05) is 18.3 Å². The molecule has 0 bridgehead atoms. The van der Waals surface area contributed by atoms with Gasteiger partial charge in [-0.05, 0) is 37.5 Å². The van der Waals surface area contributed by atoms with Crippen LogP contribution in [0.3, 0.4) is 0 Å². The van der Waals surface area contributed by atoms with E-state index in [0.717, 1.165) is 5.75 Å². The highest BCUT2D eigenvalue weighted by Crippen LogP contribution is 2.20. The Bertz CT molecular complexity index is 398. The highest BCUT2D eigenvalue weighted by atomic mass is 32.2. The first-order valence-electron chi connectivity index (χ1n) is 5.95. The Morgan fingerprint density at radius 1 is 1.56 bits per heavy atom. The van der Waals surface area contributed by atoms with Crippen molar-refractivity contribution < 1.29 is 9.90 Å². The molecule has 1 aromatic carbocycles. The van der Waals surface area contributed by atoms with E-state index < -0.39 is 6.04 Å². The van der Waals surface area contributed by atoms with Gasteiger partial charge in [-0.25, -0.2) is 0 Å². The summed E-state index contributed by atoms with van der Waals surface area (Å²) in [5, 5.41) is 9.45. The number of carbonyl (C=O) groups excluding carboxylic acids is 1. The number of phenolic OH excluding ortho intramolecular Hbond substituents is 1. The Labute approximate surface area is 112 Å². The lowest BCUT2D eigenvalue weighted by molar-refractivity contribution is -0.119. The predicted octanol–water partition coefficient (Wildman–Crippen LogP) is 1.83. The number of aromatic hydroxyl groups is 1. The molecule has 0 unspecified atom stereocenters. The van der Waals surface area contributed by atoms with Gasteiger partial charge in [0.05, 0.1) is 6.04 Å². The van der Waals surface area contributed by atoms with Crippen molar-refractivity contribution in [3.63, 3.8) is 0 Å². The maximum absolute atomic E-state index is 12.2. The molecule has 1 atom stereocenters. The average molecular weight is 268 g/mol. The third kappa shape index (κ3) is 3.92. The average Bonchev–Trinajstić information content (AvgIpc) is 2.36. The predicted molar refractivity (Wildman–Crippen MR) is 77.1 cm³/mol. The van der Waals surface area contributed by atoms with E-state index in [1.165, 1.54) is 0 Å². The molecule has 0 aliphatic carbocycles. The molecule has 0 aliphatic rings. The molecule has 0 heterocycles. The minimum absolute atomic E-state index is 0.0999. The summed E-state index contributed by atoms with van der Waals surface area (Å²) in [5.74, 6) is 0.915. The minimum Gasteiger partial charge on any atom is -0.508 e. The molecule has 3 N–H and O–H groups in total. The zero-order valence-electron chi connectivity index (χ0n) is 10.8. The van der Waals surface area contributed by atoms with Crippen molar-refractivity contribution in [3.05, 3.63) is 24.3 Å². The van der Waals surface area contributed by atoms with Crippen molar-refractivity contribution in [1.29, 1.82) is 0 Å². The number of nitrogens with zero attached hydrogens (tertiary/aromatic N) is 1. The van der Waals surface area contributed by atoms with Crippen LogP contribution in [0.1, 0.15) is 13.3 Å². The van der Waals surface area contributed by atoms with E-state index in [1.807, 2.05) is 13.2 Å². The van der Waals surface area contributed by atoms with Gasteiger partial charge in [0.15, 0.2) is 0 Å². The molecule has 18 heavy (non-hydrogen) atoms. The SMILES string of the molecule is CCN(C(=O)[C@@H](N)CCSC)c1cccc(O)c1. The summed E-state index contributed by atoms with van der Waals surface area (Å²) >= 11 is 1.67. The maximum Gasteiger partial charge on any atom is 0.243 e. The number of phenols is 1. The van der Waals surface area contributed by atoms with Gasteiger partial charge < -0.3 is 15.7 Å². The second kappa shape index (κ2) is 7.28. The molecular formula is C13H20N2O2S. The number of rotatable bonds is 6. The van der Waals surface area contributed by atoms with Gasteiger partial charge in [-0.1, -0.05) is 6.07 Å². The topological polar surface area (TPSA) is 66.6 Å². The second-order valence-electron chi connectivity index (χ2n) is 3.99. The standard InChI is InChI=1S/C13H20N2O2S/c1-3-15(10-5-4-6-11(16)9-10)13(17)12(14)7-8-18-2/h4-6,9,12,16H,3,7-8,14H2,1-2H3/t12-/m0/s1. The first kappa shape index (κ1) is 14.9. The Kier molecular flexibility index (Phi) is 6.01. The number of amides is 1. The van der Waals surface area contributed by atoms with Crippen LogP contribution in [0.4, 0.5) is 5.69 Å². The van der Waals surface area contributed by atoms with E-state index in [1.54, 1.807) is 40.9 Å². The van der Waals surface area contributed by atoms with Crippen LogP contribution >= 0.6 is 11.8 Å². The fourth-order valence-electron chi connectivity index (χ4n) is 1.70. The van der Waals surface area contributed by atoms with E-state index in [0.29, 0.717) is 18.7 Å². The molecule has 0 radical (unpaired) electrons. The van der Waals surface area contributed by atoms with Crippen LogP contribution in [0.25, 0.3) is 0 Å². The van der Waals surface area contributed by atoms with Gasteiger partial charge in [0.1, 0.15) is 5.75 Å². The summed E-state index contributed by atoms with van der Waals surface area (Å²) in [6, 6.07) is 6.17. The first-order chi connectivity index (χ1) is 8.60. The summed E-state index contributed by atoms with van der Waals surface area (Å²) in [6.45, 7) is 2.43. The molecule has 0 fully saturated rings. The van der Waals surface area contributed by atoms with Gasteiger partial charge in [-0.15, -0.1) is 0 Å². The third-order valence-corrected chi connectivity index (χ3v) is 3.32. The molecule has 0 saturated heterocycles. The molecule has 4 nitrogen and oxygen atoms in total. The minimum atomic E-state index is -0.486. The van der Waals surface area contributed by atoms with Crippen molar-refractivity contribution >= 4 is 23.4 Å². The van der Waals surface area contributed by atoms with Crippen LogP contribution in [0.15, 0.2) is 24.3 Å². The van der Waals surface area contributed by atoms with Gasteiger partial charge in [0.2, 0.25) is 5.91 Å². The monoisotopic (exact) mass is 268 g/mol. The van der Waals surface area contributed by atoms with Crippen LogP contribution in [-0.2, 0) is 4.79 Å². The number of likely N-dealkylation sites (N-methyl/N-ethyl adjacent to an activating group) is 1. The highest BCUT2D eigenvalue weighted by molar-refractivity contribution is 7.98. The Hall–Kier alpha value is -1.20. The summed E-state index contributed by atoms with van der Waals surface area (Å²) in [7, 11) is 0. The number of nitrogens with two attached hydrogens (primary N) is 1. The van der Waals surface area contributed by atoms with Crippen LogP contribution < -0.4 is 10.6 Å². The normalized spacial score (nSPS) is 12.2. The van der Waals surface area contributed by atoms with Crippen molar-refractivity contribution in [1.82, 2.24) is 0 Å². The largest absolute Gasteiger partial charge is 0.508 e. The Morgan fingerprint density at radius 3 is 2.83 bits per heavy atom. The fraction of sp³-hybridized carbons (Fsp3) is 0.462. The lowest BCUT2D eigenvalue weighted by Crippen LogP contribution is -2.44. The van der Waals surface area contributed by atoms with E-state index >= 15 is 0 Å². The third-order valence-electron chi connectivity index (χ3n) is 2.67. The van der Waals surface area contributed by atoms with Crippen LogP contribution in [0.5, 0.6) is 5.75 Å². The first-order valence-corrected chi connectivity index (χ1v) is 7.34. The number of thioether (sulfide) groups is 1. The zero-order chi connectivity index (χ0) is 13.5. The number of hydrogen-bond acceptors (Lipinski definition) is 4. The van der Waals surface area contributed by atoms with E-state index in [4.69, 9.17) is 5.73 Å². The highest BCUT2D eigenvalue weighted by Gasteiger charge is 2.20. The summed E-state index contributed by atoms with van der Waals surface area (Å²) in [4.78, 5) is 13.8. The lowest BCUT2D eigenvalue weighted by Gasteiger charge is -2.24. The van der Waals surface area contributed by atoms with Crippen molar-refractivity contribution in [2.24, 2.45) is 5.73 Å². The molecule has 0 saturated carbocycles. The number of hydrogen-bond donors (Lipinski definition) is 2. The fourth-order valence-corrected chi connectivity index (χ4v) is 2.18. The summed E-state index contributed by atoms with van der Waals surface area (Å²) < 4.78 is 0. The molecule has 0 aliphatic heterocycles. The van der Waals surface area contributed by atoms with Crippen molar-refractivity contribution in [2.45, 2.75) is 19.4 Å². The summed E-state index contributed by atoms with van der Waals surface area (Å²) in [5.41, 5.74) is 6.57. The van der Waals surface area contributed by atoms with Crippen molar-refractivity contribution in [2.75, 3.05) is 23.5 Å². The molecule has 100 valence electrons. The van der Waals surface area contributed by atoms with Crippen LogP contribution in [0.2, 0.25) is 0 Å². The molecule has 0 spiro atoms. The maximum atomic E-state index is 12.2. The quantitative estimate of drug-likeness (QED) is 0.826. The van der Waals surface area contributed by atoms with Crippen LogP contribution in [-0.4, -0.2) is 35.6 Å². The molecule has 1 aromatic rings. The summed E-state index contributed by atoms with van der Waals surface area (Å²) in [6.07, 6.45) is 2.65. The molecule has 0 aromatic heterocycles. The van der Waals surface area contributed by atoms with Gasteiger partial charge in [-0.2, -0.15) is 11.8 Å². The van der Waals surface area contributed by atoms with Crippen LogP contribution in [0, 0.1) is 0 Å². The van der Waals surface area contributed by atoms with E-state index in [2.05, 4.69) is 0 Å². The van der Waals surface area contributed by atoms with Gasteiger partial charge in [0.25, 0.3) is 0 Å². The molecular weight excluding hydrogens is 248 g/mol. The number of carbonyl (C=O) groups is 1. The van der Waals surface area contributed by atoms with Gasteiger partial charge in [-0.3, -0.25) is 4.79 Å². The Morgan fingerprint density at radius 2 is 2.28 bits per heavy atom. The van der Waals surface area contributed by atoms with E-state index in [9.17, 15) is 9.90 Å². The number of anilines is 1. The lowest BCUT2D eigenvalue weighted by atomic mass is 10.2. The zero-order valence-corrected chi connectivity index (χ0v) is 11.6. The van der Waals surface area contributed by atoms with Gasteiger partial charge >= 0.3 is 0 Å². The second-order valence-corrected chi connectivity index (χ2v) is 4.98. The number of benzene rings is 1. The molecule has 1 rings (SSSR count).